The summed E-state index contributed by atoms with van der Waals surface area (Å²) in [4.78, 5) is 11.6. The molecule has 0 aliphatic carbocycles. The standard InChI is InChI=1S/C12H13F4NO2/c1-11(2,19)6-17-10(18)7-3-8(12(14,15)16)5-9(13)4-7/h3-5,19H,6H2,1-2H3,(H,17,18). The molecule has 3 nitrogen and oxygen atoms in total. The molecule has 1 aromatic carbocycles. The van der Waals surface area contributed by atoms with Crippen molar-refractivity contribution in [3.63, 3.8) is 0 Å². The highest BCUT2D eigenvalue weighted by atomic mass is 19.4. The van der Waals surface area contributed by atoms with Crippen molar-refractivity contribution in [1.29, 1.82) is 0 Å². The first kappa shape index (κ1) is 15.4. The molecule has 0 aromatic heterocycles. The van der Waals surface area contributed by atoms with Crippen LogP contribution in [0.4, 0.5) is 17.6 Å². The predicted octanol–water partition coefficient (Wildman–Crippen LogP) is 2.35. The van der Waals surface area contributed by atoms with E-state index in [9.17, 15) is 27.5 Å². The number of rotatable bonds is 3. The van der Waals surface area contributed by atoms with Crippen LogP contribution in [0.25, 0.3) is 0 Å². The molecule has 7 heteroatoms. The van der Waals surface area contributed by atoms with Gasteiger partial charge in [-0.05, 0) is 32.0 Å². The van der Waals surface area contributed by atoms with Crippen LogP contribution in [0.15, 0.2) is 18.2 Å². The van der Waals surface area contributed by atoms with Crippen LogP contribution in [0, 0.1) is 5.82 Å². The Morgan fingerprint density at radius 3 is 2.32 bits per heavy atom. The third-order valence-corrected chi connectivity index (χ3v) is 2.17. The third-order valence-electron chi connectivity index (χ3n) is 2.17. The van der Waals surface area contributed by atoms with Crippen LogP contribution >= 0.6 is 0 Å². The van der Waals surface area contributed by atoms with Gasteiger partial charge < -0.3 is 10.4 Å². The molecule has 1 rings (SSSR count). The van der Waals surface area contributed by atoms with Crippen molar-refractivity contribution in [3.8, 4) is 0 Å². The monoisotopic (exact) mass is 279 g/mol. The predicted molar refractivity (Wildman–Crippen MR) is 60.0 cm³/mol. The Morgan fingerprint density at radius 2 is 1.84 bits per heavy atom. The maximum absolute atomic E-state index is 13.1. The molecule has 1 amide bonds. The molecule has 0 saturated carbocycles. The van der Waals surface area contributed by atoms with E-state index in [1.54, 1.807) is 0 Å². The Hall–Kier alpha value is -1.63. The van der Waals surface area contributed by atoms with E-state index in [1.165, 1.54) is 13.8 Å². The highest BCUT2D eigenvalue weighted by Gasteiger charge is 2.32. The van der Waals surface area contributed by atoms with Crippen LogP contribution < -0.4 is 5.32 Å². The van der Waals surface area contributed by atoms with E-state index in [2.05, 4.69) is 5.32 Å². The molecular weight excluding hydrogens is 266 g/mol. The first-order valence-corrected chi connectivity index (χ1v) is 5.37. The summed E-state index contributed by atoms with van der Waals surface area (Å²) in [6, 6.07) is 1.57. The van der Waals surface area contributed by atoms with Crippen LogP contribution in [-0.4, -0.2) is 23.2 Å². The van der Waals surface area contributed by atoms with Crippen molar-refractivity contribution in [2.75, 3.05) is 6.54 Å². The van der Waals surface area contributed by atoms with Crippen molar-refractivity contribution >= 4 is 5.91 Å². The number of amides is 1. The van der Waals surface area contributed by atoms with E-state index in [0.717, 1.165) is 0 Å². The molecule has 19 heavy (non-hydrogen) atoms. The molecule has 1 aromatic rings. The fraction of sp³-hybridized carbons (Fsp3) is 0.417. The van der Waals surface area contributed by atoms with Gasteiger partial charge in [0.15, 0.2) is 0 Å². The van der Waals surface area contributed by atoms with Gasteiger partial charge in [-0.1, -0.05) is 0 Å². The van der Waals surface area contributed by atoms with Crippen molar-refractivity contribution in [3.05, 3.63) is 35.1 Å². The Kier molecular flexibility index (Phi) is 4.19. The average Bonchev–Trinajstić information content (AvgIpc) is 2.22. The van der Waals surface area contributed by atoms with Crippen molar-refractivity contribution in [2.24, 2.45) is 0 Å². The molecule has 0 radical (unpaired) electrons. The van der Waals surface area contributed by atoms with Gasteiger partial charge in [-0.2, -0.15) is 13.2 Å². The molecule has 0 fully saturated rings. The number of hydrogen-bond acceptors (Lipinski definition) is 2. The van der Waals surface area contributed by atoms with Crippen LogP contribution in [0.1, 0.15) is 29.8 Å². The number of nitrogens with one attached hydrogen (secondary N) is 1. The van der Waals surface area contributed by atoms with E-state index in [-0.39, 0.29) is 6.54 Å². The summed E-state index contributed by atoms with van der Waals surface area (Å²) in [6.45, 7) is 2.67. The number of benzene rings is 1. The smallest absolute Gasteiger partial charge is 0.389 e. The second-order valence-electron chi connectivity index (χ2n) is 4.72. The summed E-state index contributed by atoms with van der Waals surface area (Å²) in [7, 11) is 0. The van der Waals surface area contributed by atoms with Gasteiger partial charge in [-0.25, -0.2) is 4.39 Å². The summed E-state index contributed by atoms with van der Waals surface area (Å²) >= 11 is 0. The molecule has 0 unspecified atom stereocenters. The second kappa shape index (κ2) is 5.16. The molecular formula is C12H13F4NO2. The van der Waals surface area contributed by atoms with E-state index in [4.69, 9.17) is 0 Å². The molecule has 0 spiro atoms. The summed E-state index contributed by atoms with van der Waals surface area (Å²) in [5, 5.41) is 11.6. The number of halogens is 4. The molecule has 2 N–H and O–H groups in total. The van der Waals surface area contributed by atoms with Gasteiger partial charge in [0.05, 0.1) is 11.2 Å². The maximum atomic E-state index is 13.1. The van der Waals surface area contributed by atoms with Crippen LogP contribution in [-0.2, 0) is 6.18 Å². The van der Waals surface area contributed by atoms with E-state index in [0.29, 0.717) is 18.2 Å². The molecule has 0 atom stereocenters. The molecule has 0 aliphatic rings. The summed E-state index contributed by atoms with van der Waals surface area (Å²) in [5.74, 6) is -2.03. The van der Waals surface area contributed by atoms with Gasteiger partial charge in [-0.3, -0.25) is 4.79 Å². The Bertz CT molecular complexity index is 478. The number of carbonyl (C=O) groups excluding carboxylic acids is 1. The Labute approximate surface area is 107 Å². The van der Waals surface area contributed by atoms with Crippen molar-refractivity contribution in [1.82, 2.24) is 5.32 Å². The summed E-state index contributed by atoms with van der Waals surface area (Å²) in [5.41, 5.74) is -2.90. The lowest BCUT2D eigenvalue weighted by Gasteiger charge is -2.18. The number of aliphatic hydroxyl groups is 1. The lowest BCUT2D eigenvalue weighted by atomic mass is 10.1. The SMILES string of the molecule is CC(C)(O)CNC(=O)c1cc(F)cc(C(F)(F)F)c1. The summed E-state index contributed by atoms with van der Waals surface area (Å²) in [6.07, 6.45) is -4.73. The first-order valence-electron chi connectivity index (χ1n) is 5.37. The number of hydrogen-bond donors (Lipinski definition) is 2. The number of alkyl halides is 3. The molecule has 0 aliphatic heterocycles. The minimum Gasteiger partial charge on any atom is -0.389 e. The van der Waals surface area contributed by atoms with Gasteiger partial charge in [0.1, 0.15) is 5.82 Å². The van der Waals surface area contributed by atoms with Crippen molar-refractivity contribution in [2.45, 2.75) is 25.6 Å². The molecule has 0 heterocycles. The quantitative estimate of drug-likeness (QED) is 0.834. The highest BCUT2D eigenvalue weighted by Crippen LogP contribution is 2.30. The summed E-state index contributed by atoms with van der Waals surface area (Å²) < 4.78 is 50.4. The van der Waals surface area contributed by atoms with Gasteiger partial charge in [0.2, 0.25) is 0 Å². The van der Waals surface area contributed by atoms with Crippen LogP contribution in [0.2, 0.25) is 0 Å². The van der Waals surface area contributed by atoms with E-state index < -0.39 is 34.6 Å². The Balaban J connectivity index is 2.95. The minimum atomic E-state index is -4.73. The van der Waals surface area contributed by atoms with Gasteiger partial charge >= 0.3 is 6.18 Å². The topological polar surface area (TPSA) is 49.3 Å². The largest absolute Gasteiger partial charge is 0.416 e. The lowest BCUT2D eigenvalue weighted by molar-refractivity contribution is -0.137. The first-order chi connectivity index (χ1) is 8.49. The second-order valence-corrected chi connectivity index (χ2v) is 4.72. The lowest BCUT2D eigenvalue weighted by Crippen LogP contribution is -2.38. The zero-order valence-corrected chi connectivity index (χ0v) is 10.3. The van der Waals surface area contributed by atoms with Gasteiger partial charge in [0, 0.05) is 12.1 Å². The highest BCUT2D eigenvalue weighted by molar-refractivity contribution is 5.94. The van der Waals surface area contributed by atoms with Gasteiger partial charge in [-0.15, -0.1) is 0 Å². The Morgan fingerprint density at radius 1 is 1.26 bits per heavy atom. The van der Waals surface area contributed by atoms with Crippen molar-refractivity contribution < 1.29 is 27.5 Å². The average molecular weight is 279 g/mol. The fourth-order valence-corrected chi connectivity index (χ4v) is 1.28. The zero-order chi connectivity index (χ0) is 14.8. The molecule has 0 bridgehead atoms. The van der Waals surface area contributed by atoms with Crippen LogP contribution in [0.3, 0.4) is 0 Å². The van der Waals surface area contributed by atoms with Gasteiger partial charge in [0.25, 0.3) is 5.91 Å². The normalized spacial score (nSPS) is 12.4. The number of carbonyl (C=O) groups is 1. The fourth-order valence-electron chi connectivity index (χ4n) is 1.28. The van der Waals surface area contributed by atoms with E-state index >= 15 is 0 Å². The van der Waals surface area contributed by atoms with Crippen LogP contribution in [0.5, 0.6) is 0 Å². The maximum Gasteiger partial charge on any atom is 0.416 e. The minimum absolute atomic E-state index is 0.163. The third kappa shape index (κ3) is 4.86. The molecule has 106 valence electrons. The molecule has 0 saturated heterocycles. The van der Waals surface area contributed by atoms with E-state index in [1.807, 2.05) is 0 Å². The zero-order valence-electron chi connectivity index (χ0n) is 10.3.